The lowest BCUT2D eigenvalue weighted by Gasteiger charge is -2.13. The lowest BCUT2D eigenvalue weighted by molar-refractivity contribution is -0.138. The Morgan fingerprint density at radius 1 is 1.41 bits per heavy atom. The van der Waals surface area contributed by atoms with Gasteiger partial charge in [0.2, 0.25) is 0 Å². The van der Waals surface area contributed by atoms with Crippen LogP contribution < -0.4 is 0 Å². The predicted octanol–water partition coefficient (Wildman–Crippen LogP) is 1.77. The summed E-state index contributed by atoms with van der Waals surface area (Å²) in [6, 6.07) is 6.54. The van der Waals surface area contributed by atoms with Crippen molar-refractivity contribution >= 4 is 5.97 Å². The van der Waals surface area contributed by atoms with Gasteiger partial charge in [-0.1, -0.05) is 12.1 Å². The maximum absolute atomic E-state index is 12.7. The molecule has 1 saturated heterocycles. The van der Waals surface area contributed by atoms with Crippen LogP contribution in [0.4, 0.5) is 4.39 Å². The minimum atomic E-state index is -0.771. The summed E-state index contributed by atoms with van der Waals surface area (Å²) < 4.78 is 12.7. The van der Waals surface area contributed by atoms with Crippen molar-refractivity contribution in [3.63, 3.8) is 0 Å². The van der Waals surface area contributed by atoms with Crippen LogP contribution in [0.3, 0.4) is 0 Å². The summed E-state index contributed by atoms with van der Waals surface area (Å²) >= 11 is 0. The Kier molecular flexibility index (Phi) is 3.74. The minimum absolute atomic E-state index is 0.125. The third-order valence-corrected chi connectivity index (χ3v) is 3.17. The van der Waals surface area contributed by atoms with E-state index in [0.29, 0.717) is 5.92 Å². The van der Waals surface area contributed by atoms with Crippen LogP contribution >= 0.6 is 0 Å². The molecule has 1 heterocycles. The fourth-order valence-electron chi connectivity index (χ4n) is 2.37. The van der Waals surface area contributed by atoms with E-state index < -0.39 is 5.97 Å². The fourth-order valence-corrected chi connectivity index (χ4v) is 2.37. The normalized spacial score (nSPS) is 20.6. The van der Waals surface area contributed by atoms with E-state index in [4.69, 9.17) is 5.11 Å². The maximum atomic E-state index is 12.7. The van der Waals surface area contributed by atoms with Crippen molar-refractivity contribution in [2.45, 2.75) is 12.8 Å². The standard InChI is InChI=1S/C13H16FNO2/c14-12-3-1-10(2-4-12)7-11-5-6-15(8-11)9-13(16)17/h1-4,11H,5-9H2,(H,16,17)/t11-/m1/s1. The molecule has 0 saturated carbocycles. The van der Waals surface area contributed by atoms with Gasteiger partial charge in [0.05, 0.1) is 6.54 Å². The van der Waals surface area contributed by atoms with Crippen LogP contribution in [0.1, 0.15) is 12.0 Å². The first-order chi connectivity index (χ1) is 8.13. The zero-order valence-electron chi connectivity index (χ0n) is 9.60. The second-order valence-electron chi connectivity index (χ2n) is 4.61. The average Bonchev–Trinajstić information content (AvgIpc) is 2.68. The van der Waals surface area contributed by atoms with Gasteiger partial charge < -0.3 is 5.11 Å². The lowest BCUT2D eigenvalue weighted by Crippen LogP contribution is -2.27. The molecule has 0 amide bonds. The molecule has 1 N–H and O–H groups in total. The second-order valence-corrected chi connectivity index (χ2v) is 4.61. The number of rotatable bonds is 4. The van der Waals surface area contributed by atoms with Gasteiger partial charge in [0.25, 0.3) is 0 Å². The predicted molar refractivity (Wildman–Crippen MR) is 62.3 cm³/mol. The minimum Gasteiger partial charge on any atom is -0.480 e. The van der Waals surface area contributed by atoms with Gasteiger partial charge in [-0.2, -0.15) is 0 Å². The molecule has 0 unspecified atom stereocenters. The van der Waals surface area contributed by atoms with Crippen LogP contribution in [0.25, 0.3) is 0 Å². The maximum Gasteiger partial charge on any atom is 0.317 e. The van der Waals surface area contributed by atoms with E-state index in [9.17, 15) is 9.18 Å². The molecule has 1 atom stereocenters. The number of carboxylic acid groups (broad SMARTS) is 1. The van der Waals surface area contributed by atoms with E-state index >= 15 is 0 Å². The van der Waals surface area contributed by atoms with Crippen LogP contribution in [0.5, 0.6) is 0 Å². The van der Waals surface area contributed by atoms with Crippen LogP contribution in [-0.2, 0) is 11.2 Å². The van der Waals surface area contributed by atoms with Crippen molar-refractivity contribution in [2.75, 3.05) is 19.6 Å². The largest absolute Gasteiger partial charge is 0.480 e. The lowest BCUT2D eigenvalue weighted by atomic mass is 9.99. The van der Waals surface area contributed by atoms with Crippen LogP contribution in [0.15, 0.2) is 24.3 Å². The average molecular weight is 237 g/mol. The van der Waals surface area contributed by atoms with E-state index in [1.165, 1.54) is 12.1 Å². The second kappa shape index (κ2) is 5.27. The number of likely N-dealkylation sites (tertiary alicyclic amines) is 1. The van der Waals surface area contributed by atoms with Gasteiger partial charge in [-0.05, 0) is 43.0 Å². The molecule has 0 bridgehead atoms. The summed E-state index contributed by atoms with van der Waals surface area (Å²) in [6.45, 7) is 1.79. The van der Waals surface area contributed by atoms with Gasteiger partial charge in [-0.15, -0.1) is 0 Å². The molecule has 1 aliphatic heterocycles. The fraction of sp³-hybridized carbons (Fsp3) is 0.462. The summed E-state index contributed by atoms with van der Waals surface area (Å²) in [6.07, 6.45) is 1.92. The van der Waals surface area contributed by atoms with Gasteiger partial charge in [0.15, 0.2) is 0 Å². The highest BCUT2D eigenvalue weighted by Crippen LogP contribution is 2.20. The van der Waals surface area contributed by atoms with Crippen molar-refractivity contribution in [3.05, 3.63) is 35.6 Å². The molecule has 0 spiro atoms. The molecule has 3 nitrogen and oxygen atoms in total. The first-order valence-corrected chi connectivity index (χ1v) is 5.82. The highest BCUT2D eigenvalue weighted by Gasteiger charge is 2.23. The number of aliphatic carboxylic acids is 1. The molecule has 92 valence electrons. The summed E-state index contributed by atoms with van der Waals surface area (Å²) in [5, 5.41) is 8.70. The Bertz CT molecular complexity index is 391. The number of hydrogen-bond donors (Lipinski definition) is 1. The Balaban J connectivity index is 1.85. The number of nitrogens with zero attached hydrogens (tertiary/aromatic N) is 1. The molecular weight excluding hydrogens is 221 g/mol. The molecule has 0 aromatic heterocycles. The summed E-state index contributed by atoms with van der Waals surface area (Å²) in [5.41, 5.74) is 1.12. The highest BCUT2D eigenvalue weighted by atomic mass is 19.1. The first kappa shape index (κ1) is 12.0. The smallest absolute Gasteiger partial charge is 0.317 e. The molecule has 0 radical (unpaired) electrons. The molecule has 1 aromatic rings. The Hall–Kier alpha value is -1.42. The van der Waals surface area contributed by atoms with E-state index in [0.717, 1.165) is 31.5 Å². The van der Waals surface area contributed by atoms with Crippen LogP contribution in [0.2, 0.25) is 0 Å². The molecule has 0 aliphatic carbocycles. The Morgan fingerprint density at radius 2 is 2.12 bits per heavy atom. The summed E-state index contributed by atoms with van der Waals surface area (Å²) in [7, 11) is 0. The topological polar surface area (TPSA) is 40.5 Å². The molecule has 1 fully saturated rings. The summed E-state index contributed by atoms with van der Waals surface area (Å²) in [4.78, 5) is 12.5. The number of hydrogen-bond acceptors (Lipinski definition) is 2. The van der Waals surface area contributed by atoms with E-state index in [1.54, 1.807) is 12.1 Å². The van der Waals surface area contributed by atoms with Crippen molar-refractivity contribution in [2.24, 2.45) is 5.92 Å². The summed E-state index contributed by atoms with van der Waals surface area (Å²) in [5.74, 6) is -0.500. The first-order valence-electron chi connectivity index (χ1n) is 5.82. The molecule has 4 heteroatoms. The van der Waals surface area contributed by atoms with E-state index in [2.05, 4.69) is 0 Å². The SMILES string of the molecule is O=C(O)CN1CC[C@H](Cc2ccc(F)cc2)C1. The van der Waals surface area contributed by atoms with Crippen molar-refractivity contribution in [3.8, 4) is 0 Å². The molecule has 2 rings (SSSR count). The van der Waals surface area contributed by atoms with Crippen LogP contribution in [-0.4, -0.2) is 35.6 Å². The highest BCUT2D eigenvalue weighted by molar-refractivity contribution is 5.69. The third kappa shape index (κ3) is 3.53. The monoisotopic (exact) mass is 237 g/mol. The number of carbonyl (C=O) groups is 1. The Morgan fingerprint density at radius 3 is 2.76 bits per heavy atom. The van der Waals surface area contributed by atoms with Crippen molar-refractivity contribution in [1.82, 2.24) is 4.90 Å². The number of carboxylic acids is 1. The van der Waals surface area contributed by atoms with Crippen molar-refractivity contribution < 1.29 is 14.3 Å². The number of benzene rings is 1. The van der Waals surface area contributed by atoms with Gasteiger partial charge in [0.1, 0.15) is 5.82 Å². The zero-order valence-corrected chi connectivity index (χ0v) is 9.60. The van der Waals surface area contributed by atoms with Gasteiger partial charge in [-0.3, -0.25) is 9.69 Å². The zero-order chi connectivity index (χ0) is 12.3. The van der Waals surface area contributed by atoms with Gasteiger partial charge >= 0.3 is 5.97 Å². The quantitative estimate of drug-likeness (QED) is 0.867. The number of halogens is 1. The molecule has 1 aliphatic rings. The van der Waals surface area contributed by atoms with E-state index in [1.807, 2.05) is 4.90 Å². The van der Waals surface area contributed by atoms with Crippen LogP contribution in [0, 0.1) is 11.7 Å². The molecule has 1 aromatic carbocycles. The molecule has 17 heavy (non-hydrogen) atoms. The van der Waals surface area contributed by atoms with Gasteiger partial charge in [-0.25, -0.2) is 4.39 Å². The van der Waals surface area contributed by atoms with Gasteiger partial charge in [0, 0.05) is 6.54 Å². The third-order valence-electron chi connectivity index (χ3n) is 3.17. The van der Waals surface area contributed by atoms with E-state index in [-0.39, 0.29) is 12.4 Å². The van der Waals surface area contributed by atoms with Crippen molar-refractivity contribution in [1.29, 1.82) is 0 Å². The Labute approximate surface area is 99.9 Å². The molecular formula is C13H16FNO2.